The van der Waals surface area contributed by atoms with Crippen LogP contribution in [0.3, 0.4) is 0 Å². The number of carbonyl (C=O) groups is 2. The Morgan fingerprint density at radius 2 is 1.70 bits per heavy atom. The molecule has 1 aliphatic carbocycles. The quantitative estimate of drug-likeness (QED) is 0.170. The van der Waals surface area contributed by atoms with Gasteiger partial charge in [0.1, 0.15) is 23.1 Å². The Hall–Kier alpha value is -4.87. The Labute approximate surface area is 271 Å². The maximum absolute atomic E-state index is 14.1. The number of ether oxygens (including phenoxy) is 1. The van der Waals surface area contributed by atoms with E-state index in [9.17, 15) is 28.3 Å². The maximum Gasteiger partial charge on any atom is 0.268 e. The van der Waals surface area contributed by atoms with E-state index >= 15 is 0 Å². The molecule has 47 heavy (non-hydrogen) atoms. The van der Waals surface area contributed by atoms with Gasteiger partial charge in [0.15, 0.2) is 0 Å². The lowest BCUT2D eigenvalue weighted by Crippen LogP contribution is -2.50. The molecule has 0 saturated heterocycles. The van der Waals surface area contributed by atoms with Gasteiger partial charge in [-0.05, 0) is 73.2 Å². The van der Waals surface area contributed by atoms with E-state index < -0.39 is 46.7 Å². The normalized spacial score (nSPS) is 15.3. The third-order valence-corrected chi connectivity index (χ3v) is 8.70. The standard InChI is InChI=1S/C36H38F2N4O5/c1-22(24-8-5-4-6-9-24)42(2)35(46)25-17-31(40-33(44)18-25)34(45)41-30(16-23-14-27(37)20-28(38)15-23)32(43)21-39-36(12-13-36)26-10-7-11-29(19-26)47-3/h4-11,14-15,17-20,22,30,32,39,43H,12-13,16,21H2,1-3H3,(H,40,44)(H,41,45)/t22-,30+,32-/m1/s1. The van der Waals surface area contributed by atoms with Gasteiger partial charge in [-0.3, -0.25) is 14.4 Å². The number of amides is 2. The van der Waals surface area contributed by atoms with E-state index in [4.69, 9.17) is 4.74 Å². The van der Waals surface area contributed by atoms with Crippen molar-refractivity contribution in [3.05, 3.63) is 135 Å². The third-order valence-electron chi connectivity index (χ3n) is 8.70. The average Bonchev–Trinajstić information content (AvgIpc) is 3.86. The highest BCUT2D eigenvalue weighted by Gasteiger charge is 2.44. The van der Waals surface area contributed by atoms with Crippen molar-refractivity contribution in [2.24, 2.45) is 0 Å². The zero-order valence-corrected chi connectivity index (χ0v) is 26.4. The molecule has 1 fully saturated rings. The van der Waals surface area contributed by atoms with Crippen molar-refractivity contribution in [2.75, 3.05) is 20.7 Å². The van der Waals surface area contributed by atoms with Crippen LogP contribution in [0.4, 0.5) is 8.78 Å². The number of methoxy groups -OCH3 is 1. The number of hydrogen-bond acceptors (Lipinski definition) is 6. The fourth-order valence-corrected chi connectivity index (χ4v) is 5.69. The first kappa shape index (κ1) is 33.5. The predicted molar refractivity (Wildman–Crippen MR) is 173 cm³/mol. The number of benzene rings is 3. The molecule has 1 heterocycles. The van der Waals surface area contributed by atoms with Crippen molar-refractivity contribution in [1.29, 1.82) is 0 Å². The molecule has 5 rings (SSSR count). The number of carbonyl (C=O) groups excluding carboxylic acids is 2. The van der Waals surface area contributed by atoms with Gasteiger partial charge in [-0.1, -0.05) is 42.5 Å². The fourth-order valence-electron chi connectivity index (χ4n) is 5.69. The first-order valence-corrected chi connectivity index (χ1v) is 15.4. The number of aromatic nitrogens is 1. The number of aromatic amines is 1. The van der Waals surface area contributed by atoms with Gasteiger partial charge in [0, 0.05) is 36.8 Å². The van der Waals surface area contributed by atoms with Crippen molar-refractivity contribution in [3.63, 3.8) is 0 Å². The number of rotatable bonds is 13. The Kier molecular flexibility index (Phi) is 10.2. The number of pyridine rings is 1. The van der Waals surface area contributed by atoms with Crippen LogP contribution >= 0.6 is 0 Å². The van der Waals surface area contributed by atoms with Gasteiger partial charge < -0.3 is 30.4 Å². The van der Waals surface area contributed by atoms with Crippen molar-refractivity contribution < 1.29 is 28.2 Å². The fraction of sp³-hybridized carbons (Fsp3) is 0.306. The smallest absolute Gasteiger partial charge is 0.268 e. The first-order chi connectivity index (χ1) is 22.5. The van der Waals surface area contributed by atoms with Gasteiger partial charge in [0.05, 0.1) is 25.3 Å². The number of H-pyrrole nitrogens is 1. The molecular formula is C36H38F2N4O5. The molecule has 3 aromatic carbocycles. The molecule has 0 spiro atoms. The molecule has 11 heteroatoms. The minimum atomic E-state index is -1.21. The van der Waals surface area contributed by atoms with Crippen molar-refractivity contribution >= 4 is 11.8 Å². The van der Waals surface area contributed by atoms with Crippen LogP contribution in [0.15, 0.2) is 89.7 Å². The highest BCUT2D eigenvalue weighted by atomic mass is 19.1. The third kappa shape index (κ3) is 8.11. The van der Waals surface area contributed by atoms with Gasteiger partial charge in [0.25, 0.3) is 11.8 Å². The zero-order valence-electron chi connectivity index (χ0n) is 26.4. The Morgan fingerprint density at radius 1 is 1.00 bits per heavy atom. The van der Waals surface area contributed by atoms with Crippen molar-refractivity contribution in [3.8, 4) is 5.75 Å². The molecule has 1 saturated carbocycles. The molecular weight excluding hydrogens is 606 g/mol. The molecule has 0 unspecified atom stereocenters. The summed E-state index contributed by atoms with van der Waals surface area (Å²) >= 11 is 0. The van der Waals surface area contributed by atoms with E-state index in [-0.39, 0.29) is 35.8 Å². The molecule has 1 aliphatic rings. The highest BCUT2D eigenvalue weighted by Crippen LogP contribution is 2.46. The van der Waals surface area contributed by atoms with Crippen LogP contribution < -0.4 is 20.9 Å². The minimum absolute atomic E-state index is 0.00381. The lowest BCUT2D eigenvalue weighted by molar-refractivity contribution is 0.0742. The molecule has 2 amide bonds. The molecule has 1 aromatic heterocycles. The Balaban J connectivity index is 1.35. The monoisotopic (exact) mass is 644 g/mol. The summed E-state index contributed by atoms with van der Waals surface area (Å²) in [4.78, 5) is 43.5. The summed E-state index contributed by atoms with van der Waals surface area (Å²) in [5, 5.41) is 17.5. The number of hydrogen-bond donors (Lipinski definition) is 4. The molecule has 0 aliphatic heterocycles. The predicted octanol–water partition coefficient (Wildman–Crippen LogP) is 4.48. The molecule has 4 aromatic rings. The summed E-state index contributed by atoms with van der Waals surface area (Å²) in [6.45, 7) is 1.89. The van der Waals surface area contributed by atoms with Crippen LogP contribution in [-0.2, 0) is 12.0 Å². The Morgan fingerprint density at radius 3 is 2.36 bits per heavy atom. The van der Waals surface area contributed by atoms with E-state index in [1.807, 2.05) is 61.5 Å². The Bertz CT molecular complexity index is 1770. The van der Waals surface area contributed by atoms with Crippen LogP contribution in [0.5, 0.6) is 5.75 Å². The largest absolute Gasteiger partial charge is 0.497 e. The topological polar surface area (TPSA) is 124 Å². The summed E-state index contributed by atoms with van der Waals surface area (Å²) in [5.41, 5.74) is 0.845. The number of nitrogens with zero attached hydrogens (tertiary/aromatic N) is 1. The van der Waals surface area contributed by atoms with Crippen LogP contribution in [-0.4, -0.2) is 59.7 Å². The molecule has 0 bridgehead atoms. The van der Waals surface area contributed by atoms with Crippen LogP contribution in [0, 0.1) is 11.6 Å². The molecule has 4 N–H and O–H groups in total. The number of aliphatic hydroxyl groups is 1. The van der Waals surface area contributed by atoms with E-state index in [0.29, 0.717) is 5.75 Å². The average molecular weight is 645 g/mol. The number of halogens is 2. The SMILES string of the molecule is COc1cccc(C2(NC[C@@H](O)[C@H](Cc3cc(F)cc(F)c3)NC(=O)c3cc(C(=O)N(C)[C@H](C)c4ccccc4)cc(=O)[nH]3)CC2)c1. The summed E-state index contributed by atoms with van der Waals surface area (Å²) in [6, 6.07) is 21.0. The van der Waals surface area contributed by atoms with Gasteiger partial charge >= 0.3 is 0 Å². The van der Waals surface area contributed by atoms with Gasteiger partial charge in [-0.2, -0.15) is 0 Å². The van der Waals surface area contributed by atoms with Gasteiger partial charge in [-0.15, -0.1) is 0 Å². The van der Waals surface area contributed by atoms with Crippen LogP contribution in [0.1, 0.15) is 63.3 Å². The lowest BCUT2D eigenvalue weighted by atomic mass is 9.99. The minimum Gasteiger partial charge on any atom is -0.497 e. The van der Waals surface area contributed by atoms with Crippen LogP contribution in [0.2, 0.25) is 0 Å². The van der Waals surface area contributed by atoms with Crippen LogP contribution in [0.25, 0.3) is 0 Å². The molecule has 246 valence electrons. The first-order valence-electron chi connectivity index (χ1n) is 15.4. The van der Waals surface area contributed by atoms with E-state index in [2.05, 4.69) is 15.6 Å². The number of aliphatic hydroxyl groups excluding tert-OH is 1. The number of nitrogens with one attached hydrogen (secondary N) is 3. The second-order valence-corrected chi connectivity index (χ2v) is 12.0. The van der Waals surface area contributed by atoms with E-state index in [1.54, 1.807) is 14.2 Å². The van der Waals surface area contributed by atoms with E-state index in [1.165, 1.54) is 11.0 Å². The van der Waals surface area contributed by atoms with Gasteiger partial charge in [0.2, 0.25) is 5.56 Å². The highest BCUT2D eigenvalue weighted by molar-refractivity contribution is 5.98. The lowest BCUT2D eigenvalue weighted by Gasteiger charge is -2.27. The molecule has 9 nitrogen and oxygen atoms in total. The van der Waals surface area contributed by atoms with E-state index in [0.717, 1.165) is 48.2 Å². The zero-order chi connectivity index (χ0) is 33.7. The maximum atomic E-state index is 14.1. The van der Waals surface area contributed by atoms with Gasteiger partial charge in [-0.25, -0.2) is 8.78 Å². The van der Waals surface area contributed by atoms with Crippen molar-refractivity contribution in [2.45, 2.75) is 49.9 Å². The van der Waals surface area contributed by atoms with Crippen molar-refractivity contribution in [1.82, 2.24) is 20.5 Å². The summed E-state index contributed by atoms with van der Waals surface area (Å²) in [7, 11) is 3.19. The molecule has 3 atom stereocenters. The summed E-state index contributed by atoms with van der Waals surface area (Å²) in [5.74, 6) is -2.13. The second kappa shape index (κ2) is 14.3. The summed E-state index contributed by atoms with van der Waals surface area (Å²) in [6.07, 6.45) is 0.314. The summed E-state index contributed by atoms with van der Waals surface area (Å²) < 4.78 is 33.5. The second-order valence-electron chi connectivity index (χ2n) is 12.0. The molecule has 0 radical (unpaired) electrons.